The number of Topliss-reactive ketones (excluding diaryl/α,β-unsaturated/α-hetero) is 1. The van der Waals surface area contributed by atoms with E-state index in [2.05, 4.69) is 0 Å². The van der Waals surface area contributed by atoms with Crippen LogP contribution in [-0.4, -0.2) is 35.2 Å². The molecule has 3 aromatic rings. The summed E-state index contributed by atoms with van der Waals surface area (Å²) >= 11 is 0. The number of rotatable bonds is 5. The van der Waals surface area contributed by atoms with E-state index in [0.29, 0.717) is 6.42 Å². The van der Waals surface area contributed by atoms with Crippen LogP contribution >= 0.6 is 0 Å². The van der Waals surface area contributed by atoms with Gasteiger partial charge < -0.3 is 10.6 Å². The lowest BCUT2D eigenvalue weighted by Crippen LogP contribution is -2.53. The number of hydrogen-bond acceptors (Lipinski definition) is 3. The first-order chi connectivity index (χ1) is 16.8. The molecular formula is C29H26F2N2O2. The van der Waals surface area contributed by atoms with Gasteiger partial charge in [0.1, 0.15) is 11.6 Å². The van der Waals surface area contributed by atoms with E-state index in [1.165, 1.54) is 29.2 Å². The largest absolute Gasteiger partial charge is 0.330 e. The highest BCUT2D eigenvalue weighted by Gasteiger charge is 2.37. The molecule has 4 nitrogen and oxygen atoms in total. The lowest BCUT2D eigenvalue weighted by Gasteiger charge is -2.37. The summed E-state index contributed by atoms with van der Waals surface area (Å²) in [5.74, 6) is -1.66. The van der Waals surface area contributed by atoms with Gasteiger partial charge in [-0.05, 0) is 43.2 Å². The Hall–Kier alpha value is -3.90. The van der Waals surface area contributed by atoms with Crippen molar-refractivity contribution in [1.29, 1.82) is 0 Å². The minimum atomic E-state index is -0.836. The van der Waals surface area contributed by atoms with E-state index in [-0.39, 0.29) is 40.5 Å². The Labute approximate surface area is 203 Å². The van der Waals surface area contributed by atoms with E-state index in [4.69, 9.17) is 5.73 Å². The fourth-order valence-corrected chi connectivity index (χ4v) is 4.21. The van der Waals surface area contributed by atoms with Crippen molar-refractivity contribution >= 4 is 23.8 Å². The quantitative estimate of drug-likeness (QED) is 0.543. The van der Waals surface area contributed by atoms with Crippen LogP contribution in [0, 0.1) is 11.6 Å². The normalized spacial score (nSPS) is 19.3. The van der Waals surface area contributed by atoms with Gasteiger partial charge in [-0.15, -0.1) is 0 Å². The van der Waals surface area contributed by atoms with Crippen molar-refractivity contribution in [2.75, 3.05) is 6.54 Å². The lowest BCUT2D eigenvalue weighted by atomic mass is 9.88. The van der Waals surface area contributed by atoms with Crippen LogP contribution in [0.15, 0.2) is 90.0 Å². The van der Waals surface area contributed by atoms with Crippen LogP contribution in [0.5, 0.6) is 0 Å². The minimum absolute atomic E-state index is 0.0235. The smallest absolute Gasteiger partial charge is 0.240 e. The van der Waals surface area contributed by atoms with Gasteiger partial charge in [0.05, 0.1) is 18.6 Å². The summed E-state index contributed by atoms with van der Waals surface area (Å²) in [7, 11) is 0. The SMILES string of the molecule is CC1/C(=C\c2ccccc2F)C(=O)/C(=C/c2ccccc2F)CN1C(=O)[C@@H](N)Cc1ccccc1. The zero-order valence-electron chi connectivity index (χ0n) is 19.3. The second-order valence-electron chi connectivity index (χ2n) is 8.58. The molecule has 0 saturated carbocycles. The van der Waals surface area contributed by atoms with Crippen molar-refractivity contribution < 1.29 is 18.4 Å². The maximum Gasteiger partial charge on any atom is 0.240 e. The third-order valence-corrected chi connectivity index (χ3v) is 6.16. The maximum absolute atomic E-state index is 14.4. The molecule has 1 heterocycles. The summed E-state index contributed by atoms with van der Waals surface area (Å²) in [6.07, 6.45) is 3.23. The number of carbonyl (C=O) groups is 2. The number of ketones is 1. The molecule has 1 unspecified atom stereocenters. The summed E-state index contributed by atoms with van der Waals surface area (Å²) in [6, 6.07) is 20.1. The molecule has 1 aliphatic heterocycles. The van der Waals surface area contributed by atoms with Gasteiger partial charge in [-0.2, -0.15) is 0 Å². The van der Waals surface area contributed by atoms with Crippen LogP contribution < -0.4 is 5.73 Å². The average Bonchev–Trinajstić information content (AvgIpc) is 2.86. The van der Waals surface area contributed by atoms with Gasteiger partial charge in [0.2, 0.25) is 5.91 Å². The monoisotopic (exact) mass is 472 g/mol. The van der Waals surface area contributed by atoms with Crippen LogP contribution in [0.4, 0.5) is 8.78 Å². The van der Waals surface area contributed by atoms with Crippen LogP contribution in [0.25, 0.3) is 12.2 Å². The molecule has 2 N–H and O–H groups in total. The maximum atomic E-state index is 14.4. The Morgan fingerprint density at radius 3 is 2.09 bits per heavy atom. The minimum Gasteiger partial charge on any atom is -0.330 e. The van der Waals surface area contributed by atoms with E-state index in [1.807, 2.05) is 30.3 Å². The number of amides is 1. The Bertz CT molecular complexity index is 1300. The average molecular weight is 473 g/mol. The molecule has 0 aliphatic carbocycles. The first kappa shape index (κ1) is 24.2. The van der Waals surface area contributed by atoms with E-state index in [9.17, 15) is 18.4 Å². The van der Waals surface area contributed by atoms with Crippen LogP contribution in [0.1, 0.15) is 23.6 Å². The number of halogens is 2. The predicted molar refractivity (Wildman–Crippen MR) is 133 cm³/mol. The number of benzene rings is 3. The zero-order chi connectivity index (χ0) is 24.9. The van der Waals surface area contributed by atoms with Crippen molar-refractivity contribution in [3.63, 3.8) is 0 Å². The Morgan fingerprint density at radius 1 is 0.943 bits per heavy atom. The molecule has 0 aromatic heterocycles. The molecule has 1 amide bonds. The molecule has 4 rings (SSSR count). The van der Waals surface area contributed by atoms with Gasteiger partial charge in [0.25, 0.3) is 0 Å². The standard InChI is InChI=1S/C29H26F2N2O2/c1-19-24(17-22-12-6-8-14-26(22)31)28(34)23(16-21-11-5-7-13-25(21)30)18-33(19)29(35)27(32)15-20-9-3-2-4-10-20/h2-14,16-17,19,27H,15,18,32H2,1H3/b23-16+,24-17+/t19?,27-/m0/s1. The van der Waals surface area contributed by atoms with Gasteiger partial charge in [0, 0.05) is 22.3 Å². The second kappa shape index (κ2) is 10.6. The van der Waals surface area contributed by atoms with Gasteiger partial charge in [-0.25, -0.2) is 8.78 Å². The second-order valence-corrected chi connectivity index (χ2v) is 8.58. The van der Waals surface area contributed by atoms with E-state index in [1.54, 1.807) is 43.3 Å². The number of carbonyl (C=O) groups excluding carboxylic acids is 2. The molecule has 1 fully saturated rings. The van der Waals surface area contributed by atoms with Crippen molar-refractivity contribution in [1.82, 2.24) is 4.90 Å². The highest BCUT2D eigenvalue weighted by molar-refractivity contribution is 6.16. The lowest BCUT2D eigenvalue weighted by molar-refractivity contribution is -0.134. The van der Waals surface area contributed by atoms with Crippen molar-refractivity contribution in [2.24, 2.45) is 5.73 Å². The fraction of sp³-hybridized carbons (Fsp3) is 0.172. The molecule has 0 bridgehead atoms. The Kier molecular flexibility index (Phi) is 7.32. The first-order valence-electron chi connectivity index (χ1n) is 11.4. The van der Waals surface area contributed by atoms with Crippen LogP contribution in [0.3, 0.4) is 0 Å². The molecule has 0 radical (unpaired) electrons. The molecule has 0 spiro atoms. The molecule has 2 atom stereocenters. The zero-order valence-corrected chi connectivity index (χ0v) is 19.3. The first-order valence-corrected chi connectivity index (χ1v) is 11.4. The topological polar surface area (TPSA) is 63.4 Å². The van der Waals surface area contributed by atoms with Crippen LogP contribution in [-0.2, 0) is 16.0 Å². The van der Waals surface area contributed by atoms with Crippen LogP contribution in [0.2, 0.25) is 0 Å². The number of likely N-dealkylation sites (tertiary alicyclic amines) is 1. The van der Waals surface area contributed by atoms with E-state index in [0.717, 1.165) is 5.56 Å². The van der Waals surface area contributed by atoms with E-state index < -0.39 is 23.7 Å². The number of nitrogens with two attached hydrogens (primary N) is 1. The van der Waals surface area contributed by atoms with Crippen molar-refractivity contribution in [2.45, 2.75) is 25.4 Å². The molecule has 1 saturated heterocycles. The molecule has 178 valence electrons. The number of nitrogens with zero attached hydrogens (tertiary/aromatic N) is 1. The van der Waals surface area contributed by atoms with Crippen molar-refractivity contribution in [3.8, 4) is 0 Å². The number of piperidine rings is 1. The fourth-order valence-electron chi connectivity index (χ4n) is 4.21. The molecule has 6 heteroatoms. The molecule has 35 heavy (non-hydrogen) atoms. The third-order valence-electron chi connectivity index (χ3n) is 6.16. The molecule has 1 aliphatic rings. The summed E-state index contributed by atoms with van der Waals surface area (Å²) in [5.41, 5.74) is 8.14. The summed E-state index contributed by atoms with van der Waals surface area (Å²) in [6.45, 7) is 1.70. The summed E-state index contributed by atoms with van der Waals surface area (Å²) in [5, 5.41) is 0. The molecular weight excluding hydrogens is 446 g/mol. The predicted octanol–water partition coefficient (Wildman–Crippen LogP) is 4.80. The summed E-state index contributed by atoms with van der Waals surface area (Å²) in [4.78, 5) is 28.4. The van der Waals surface area contributed by atoms with Gasteiger partial charge in [0.15, 0.2) is 5.78 Å². The van der Waals surface area contributed by atoms with E-state index >= 15 is 0 Å². The number of hydrogen-bond donors (Lipinski definition) is 1. The third kappa shape index (κ3) is 5.44. The van der Waals surface area contributed by atoms with Gasteiger partial charge in [-0.1, -0.05) is 66.7 Å². The Morgan fingerprint density at radius 2 is 1.49 bits per heavy atom. The molecule has 3 aromatic carbocycles. The summed E-state index contributed by atoms with van der Waals surface area (Å²) < 4.78 is 28.8. The highest BCUT2D eigenvalue weighted by Crippen LogP contribution is 2.29. The highest BCUT2D eigenvalue weighted by atomic mass is 19.1. The van der Waals surface area contributed by atoms with Gasteiger partial charge >= 0.3 is 0 Å². The van der Waals surface area contributed by atoms with Crippen molar-refractivity contribution in [3.05, 3.63) is 118 Å². The Balaban J connectivity index is 1.73. The van der Waals surface area contributed by atoms with Gasteiger partial charge in [-0.3, -0.25) is 9.59 Å².